The molecule has 9 heteroatoms. The van der Waals surface area contributed by atoms with E-state index in [1.165, 1.54) is 0 Å². The third kappa shape index (κ3) is 11.5. The molecule has 0 unspecified atom stereocenters. The van der Waals surface area contributed by atoms with Gasteiger partial charge in [-0.3, -0.25) is 4.79 Å². The number of carbonyl (C=O) groups excluding carboxylic acids is 3. The molecule has 0 fully saturated rings. The summed E-state index contributed by atoms with van der Waals surface area (Å²) in [6.45, 7) is 9.17. The van der Waals surface area contributed by atoms with E-state index in [1.54, 1.807) is 20.8 Å². The van der Waals surface area contributed by atoms with Crippen molar-refractivity contribution in [2.75, 3.05) is 13.2 Å². The van der Waals surface area contributed by atoms with Crippen LogP contribution in [0.2, 0.25) is 0 Å². The fraction of sp³-hybridized carbons (Fsp3) is 0.640. The van der Waals surface area contributed by atoms with Crippen molar-refractivity contribution in [3.05, 3.63) is 35.9 Å². The Morgan fingerprint density at radius 1 is 1.12 bits per heavy atom. The van der Waals surface area contributed by atoms with Gasteiger partial charge in [-0.25, -0.2) is 14.5 Å². The first-order chi connectivity index (χ1) is 15.9. The quantitative estimate of drug-likeness (QED) is 0.390. The number of hydrogen-bond acceptors (Lipinski definition) is 7. The second-order valence-electron chi connectivity index (χ2n) is 9.75. The van der Waals surface area contributed by atoms with Gasteiger partial charge in [0.25, 0.3) is 0 Å². The molecule has 192 valence electrons. The number of nitrogens with zero attached hydrogens (tertiary/aromatic N) is 1. The smallest absolute Gasteiger partial charge is 0.417 e. The van der Waals surface area contributed by atoms with Gasteiger partial charge in [0.1, 0.15) is 12.2 Å². The number of hydrogen-bond donors (Lipinski definition) is 3. The molecule has 4 N–H and O–H groups in total. The first-order valence-electron chi connectivity index (χ1n) is 11.8. The third-order valence-corrected chi connectivity index (χ3v) is 4.89. The van der Waals surface area contributed by atoms with Crippen LogP contribution in [0, 0.1) is 5.92 Å². The highest BCUT2D eigenvalue weighted by Gasteiger charge is 2.34. The Balaban J connectivity index is 2.75. The first-order valence-corrected chi connectivity index (χ1v) is 11.8. The second-order valence-corrected chi connectivity index (χ2v) is 9.75. The van der Waals surface area contributed by atoms with E-state index in [1.807, 2.05) is 44.2 Å². The number of alkyl carbamates (subject to hydrolysis) is 1. The zero-order valence-corrected chi connectivity index (χ0v) is 21.1. The number of nitrogens with one attached hydrogen (secondary N) is 1. The van der Waals surface area contributed by atoms with E-state index in [9.17, 15) is 19.5 Å². The molecule has 34 heavy (non-hydrogen) atoms. The number of amides is 3. The van der Waals surface area contributed by atoms with Gasteiger partial charge in [-0.15, -0.1) is 0 Å². The van der Waals surface area contributed by atoms with Crippen LogP contribution in [0.1, 0.15) is 65.9 Å². The number of rotatable bonds is 12. The molecule has 9 nitrogen and oxygen atoms in total. The lowest BCUT2D eigenvalue weighted by atomic mass is 10.0. The van der Waals surface area contributed by atoms with E-state index in [0.717, 1.165) is 10.5 Å². The number of aliphatic hydroxyl groups excluding tert-OH is 1. The largest absolute Gasteiger partial charge is 0.444 e. The fourth-order valence-corrected chi connectivity index (χ4v) is 3.31. The number of ether oxygens (including phenoxy) is 2. The highest BCUT2D eigenvalue weighted by atomic mass is 16.6. The van der Waals surface area contributed by atoms with Crippen LogP contribution in [0.3, 0.4) is 0 Å². The van der Waals surface area contributed by atoms with Gasteiger partial charge >= 0.3 is 12.2 Å². The molecule has 0 saturated carbocycles. The van der Waals surface area contributed by atoms with Gasteiger partial charge in [-0.2, -0.15) is 0 Å². The Hall–Kier alpha value is -2.65. The maximum absolute atomic E-state index is 13.1. The minimum absolute atomic E-state index is 0.000822. The molecule has 1 aromatic rings. The number of aliphatic hydroxyl groups is 1. The van der Waals surface area contributed by atoms with Gasteiger partial charge in [0.15, 0.2) is 0 Å². The zero-order valence-electron chi connectivity index (χ0n) is 21.1. The van der Waals surface area contributed by atoms with E-state index in [2.05, 4.69) is 5.32 Å². The molecule has 0 radical (unpaired) electrons. The minimum atomic E-state index is -0.882. The van der Waals surface area contributed by atoms with Crippen molar-refractivity contribution in [3.63, 3.8) is 0 Å². The fourth-order valence-electron chi connectivity index (χ4n) is 3.31. The van der Waals surface area contributed by atoms with Crippen molar-refractivity contribution in [3.8, 4) is 0 Å². The van der Waals surface area contributed by atoms with Crippen LogP contribution in [0.4, 0.5) is 9.59 Å². The van der Waals surface area contributed by atoms with Gasteiger partial charge in [0.05, 0.1) is 18.7 Å². The van der Waals surface area contributed by atoms with Crippen molar-refractivity contribution in [2.45, 2.75) is 84.6 Å². The van der Waals surface area contributed by atoms with Gasteiger partial charge in [-0.05, 0) is 57.9 Å². The van der Waals surface area contributed by atoms with Crippen LogP contribution in [0.15, 0.2) is 30.3 Å². The molecular weight excluding hydrogens is 438 g/mol. The average molecular weight is 480 g/mol. The van der Waals surface area contributed by atoms with Crippen LogP contribution in [-0.2, 0) is 20.9 Å². The van der Waals surface area contributed by atoms with Crippen molar-refractivity contribution < 1.29 is 29.0 Å². The molecule has 0 aliphatic carbocycles. The van der Waals surface area contributed by atoms with E-state index >= 15 is 0 Å². The Morgan fingerprint density at radius 2 is 1.76 bits per heavy atom. The molecule has 1 aromatic carbocycles. The van der Waals surface area contributed by atoms with Crippen molar-refractivity contribution >= 4 is 18.1 Å². The zero-order chi connectivity index (χ0) is 25.7. The van der Waals surface area contributed by atoms with E-state index in [0.29, 0.717) is 32.2 Å². The molecule has 0 heterocycles. The minimum Gasteiger partial charge on any atom is -0.444 e. The molecule has 1 rings (SSSR count). The maximum atomic E-state index is 13.1. The van der Waals surface area contributed by atoms with E-state index in [4.69, 9.17) is 15.2 Å². The number of nitrogens with two attached hydrogens (primary N) is 1. The van der Waals surface area contributed by atoms with Crippen molar-refractivity contribution in [2.24, 2.45) is 11.7 Å². The SMILES string of the molecule is CC(C)C[C@@H](N)C(=O)N(C(=O)OCc1ccccc1)[C@H](CO)CCCCNC(=O)OC(C)(C)C. The van der Waals surface area contributed by atoms with Crippen LogP contribution in [-0.4, -0.2) is 58.9 Å². The first kappa shape index (κ1) is 29.4. The summed E-state index contributed by atoms with van der Waals surface area (Å²) in [6, 6.07) is 7.46. The predicted molar refractivity (Wildman–Crippen MR) is 130 cm³/mol. The summed E-state index contributed by atoms with van der Waals surface area (Å²) in [4.78, 5) is 38.7. The number of imide groups is 1. The summed E-state index contributed by atoms with van der Waals surface area (Å²) >= 11 is 0. The summed E-state index contributed by atoms with van der Waals surface area (Å²) < 4.78 is 10.6. The summed E-state index contributed by atoms with van der Waals surface area (Å²) in [6.07, 6.45) is 0.531. The molecule has 3 amide bonds. The van der Waals surface area contributed by atoms with Crippen molar-refractivity contribution in [1.82, 2.24) is 10.2 Å². The monoisotopic (exact) mass is 479 g/mol. The Kier molecular flexibility index (Phi) is 12.6. The average Bonchev–Trinajstić information content (AvgIpc) is 2.75. The second kappa shape index (κ2) is 14.6. The van der Waals surface area contributed by atoms with Gasteiger partial charge in [-0.1, -0.05) is 44.2 Å². The molecule has 0 bridgehead atoms. The standard InChI is InChI=1S/C25H41N3O6/c1-18(2)15-21(26)22(30)28(24(32)33-17-19-11-7-6-8-12-19)20(16-29)13-9-10-14-27-23(31)34-25(3,4)5/h6-8,11-12,18,20-21,29H,9-10,13-17,26H2,1-5H3,(H,27,31)/t20-,21+/m0/s1. The highest BCUT2D eigenvalue weighted by molar-refractivity contribution is 5.95. The normalized spacial score (nSPS) is 13.2. The Labute approximate surface area is 203 Å². The molecule has 0 aliphatic rings. The molecule has 0 saturated heterocycles. The van der Waals surface area contributed by atoms with Gasteiger partial charge < -0.3 is 25.6 Å². The lowest BCUT2D eigenvalue weighted by molar-refractivity contribution is -0.134. The lowest BCUT2D eigenvalue weighted by Gasteiger charge is -2.30. The van der Waals surface area contributed by atoms with E-state index < -0.39 is 42.4 Å². The summed E-state index contributed by atoms with van der Waals surface area (Å²) in [7, 11) is 0. The van der Waals surface area contributed by atoms with Crippen LogP contribution < -0.4 is 11.1 Å². The van der Waals surface area contributed by atoms with Crippen LogP contribution in [0.5, 0.6) is 0 Å². The van der Waals surface area contributed by atoms with Crippen LogP contribution in [0.25, 0.3) is 0 Å². The summed E-state index contributed by atoms with van der Waals surface area (Å²) in [5.41, 5.74) is 6.27. The lowest BCUT2D eigenvalue weighted by Crippen LogP contribution is -2.53. The maximum Gasteiger partial charge on any atom is 0.417 e. The molecule has 0 aliphatic heterocycles. The number of unbranched alkanes of at least 4 members (excludes halogenated alkanes) is 1. The third-order valence-electron chi connectivity index (χ3n) is 4.89. The Bertz CT molecular complexity index is 764. The predicted octanol–water partition coefficient (Wildman–Crippen LogP) is 3.58. The highest BCUT2D eigenvalue weighted by Crippen LogP contribution is 2.16. The van der Waals surface area contributed by atoms with E-state index in [-0.39, 0.29) is 12.5 Å². The topological polar surface area (TPSA) is 131 Å². The molecular formula is C25H41N3O6. The van der Waals surface area contributed by atoms with Gasteiger partial charge in [0.2, 0.25) is 5.91 Å². The summed E-state index contributed by atoms with van der Waals surface area (Å²) in [5.74, 6) is -0.412. The number of benzene rings is 1. The number of carbonyl (C=O) groups is 3. The molecule has 0 aromatic heterocycles. The molecule has 0 spiro atoms. The van der Waals surface area contributed by atoms with Crippen LogP contribution >= 0.6 is 0 Å². The molecule has 2 atom stereocenters. The summed E-state index contributed by atoms with van der Waals surface area (Å²) in [5, 5.41) is 12.7. The van der Waals surface area contributed by atoms with Gasteiger partial charge in [0, 0.05) is 6.54 Å². The van der Waals surface area contributed by atoms with Crippen molar-refractivity contribution in [1.29, 1.82) is 0 Å². The Morgan fingerprint density at radius 3 is 2.32 bits per heavy atom.